The van der Waals surface area contributed by atoms with Crippen LogP contribution in [0.3, 0.4) is 0 Å². The molecule has 1 heterocycles. The molecule has 0 spiro atoms. The van der Waals surface area contributed by atoms with E-state index in [0.717, 1.165) is 0 Å². The molecule has 1 aliphatic rings. The Kier molecular flexibility index (Phi) is 5.95. The fourth-order valence-electron chi connectivity index (χ4n) is 2.66. The molecular weight excluding hydrogens is 320 g/mol. The number of alkyl halides is 2. The van der Waals surface area contributed by atoms with Crippen LogP contribution in [0.15, 0.2) is 18.2 Å². The van der Waals surface area contributed by atoms with Crippen LogP contribution < -0.4 is 15.4 Å². The minimum absolute atomic E-state index is 0.0345. The van der Waals surface area contributed by atoms with E-state index in [9.17, 15) is 18.7 Å². The molecule has 0 aliphatic carbocycles. The minimum atomic E-state index is -2.89. The molecule has 0 aromatic heterocycles. The molecule has 2 amide bonds. The molecular formula is C16H23F2N3O3. The van der Waals surface area contributed by atoms with Crippen molar-refractivity contribution in [3.05, 3.63) is 23.8 Å². The number of nitrogens with zero attached hydrogens (tertiary/aromatic N) is 1. The standard InChI is InChI=1S/C16H23F2N3O3/c1-9(2)21-7-13(14(22)8-21)20-16(23)19-12-5-4-11(6-10(12)3)24-15(17)18/h4-6,9,13-15,22H,7-8H2,1-3H3,(H2,19,20,23)/t13-,14-/m0/s1. The number of aliphatic hydroxyl groups is 1. The van der Waals surface area contributed by atoms with Crippen molar-refractivity contribution in [2.45, 2.75) is 45.6 Å². The van der Waals surface area contributed by atoms with Gasteiger partial charge in [0.2, 0.25) is 0 Å². The number of benzene rings is 1. The first-order valence-corrected chi connectivity index (χ1v) is 7.81. The second-order valence-corrected chi connectivity index (χ2v) is 6.18. The van der Waals surface area contributed by atoms with Gasteiger partial charge in [-0.15, -0.1) is 0 Å². The van der Waals surface area contributed by atoms with Crippen LogP contribution in [0.2, 0.25) is 0 Å². The van der Waals surface area contributed by atoms with Gasteiger partial charge in [0.05, 0.1) is 12.1 Å². The van der Waals surface area contributed by atoms with Crippen molar-refractivity contribution >= 4 is 11.7 Å². The fraction of sp³-hybridized carbons (Fsp3) is 0.562. The summed E-state index contributed by atoms with van der Waals surface area (Å²) in [5.74, 6) is 0.0345. The Bertz CT molecular complexity index is 584. The van der Waals surface area contributed by atoms with Gasteiger partial charge in [0.25, 0.3) is 0 Å². The lowest BCUT2D eigenvalue weighted by Gasteiger charge is -2.20. The van der Waals surface area contributed by atoms with Crippen molar-refractivity contribution in [2.24, 2.45) is 0 Å². The zero-order valence-corrected chi connectivity index (χ0v) is 13.9. The molecule has 2 rings (SSSR count). The number of aryl methyl sites for hydroxylation is 1. The Morgan fingerprint density at radius 2 is 2.08 bits per heavy atom. The molecule has 1 fully saturated rings. The molecule has 3 N–H and O–H groups in total. The molecule has 1 aromatic rings. The van der Waals surface area contributed by atoms with Crippen LogP contribution in [0, 0.1) is 6.92 Å². The van der Waals surface area contributed by atoms with Gasteiger partial charge in [0, 0.05) is 24.8 Å². The predicted octanol–water partition coefficient (Wildman–Crippen LogP) is 2.17. The molecule has 0 unspecified atom stereocenters. The Balaban J connectivity index is 1.93. The van der Waals surface area contributed by atoms with Crippen LogP contribution in [0.4, 0.5) is 19.3 Å². The minimum Gasteiger partial charge on any atom is -0.435 e. The smallest absolute Gasteiger partial charge is 0.387 e. The lowest BCUT2D eigenvalue weighted by atomic mass is 10.2. The number of hydrogen-bond acceptors (Lipinski definition) is 4. The van der Waals surface area contributed by atoms with Gasteiger partial charge in [0.1, 0.15) is 5.75 Å². The summed E-state index contributed by atoms with van der Waals surface area (Å²) in [6, 6.07) is 3.77. The number of nitrogens with one attached hydrogen (secondary N) is 2. The van der Waals surface area contributed by atoms with Crippen molar-refractivity contribution in [3.8, 4) is 5.75 Å². The Morgan fingerprint density at radius 1 is 1.38 bits per heavy atom. The van der Waals surface area contributed by atoms with Crippen LogP contribution in [0.1, 0.15) is 19.4 Å². The first-order valence-electron chi connectivity index (χ1n) is 7.81. The molecule has 1 saturated heterocycles. The highest BCUT2D eigenvalue weighted by atomic mass is 19.3. The quantitative estimate of drug-likeness (QED) is 0.766. The summed E-state index contributed by atoms with van der Waals surface area (Å²) in [6.45, 7) is 3.94. The monoisotopic (exact) mass is 343 g/mol. The van der Waals surface area contributed by atoms with E-state index < -0.39 is 18.7 Å². The van der Waals surface area contributed by atoms with Gasteiger partial charge >= 0.3 is 12.6 Å². The van der Waals surface area contributed by atoms with Crippen LogP contribution in [-0.4, -0.2) is 53.9 Å². The maximum atomic E-state index is 12.2. The van der Waals surface area contributed by atoms with Crippen LogP contribution in [0.25, 0.3) is 0 Å². The van der Waals surface area contributed by atoms with E-state index in [-0.39, 0.29) is 11.8 Å². The van der Waals surface area contributed by atoms with Crippen molar-refractivity contribution in [1.82, 2.24) is 10.2 Å². The van der Waals surface area contributed by atoms with E-state index in [1.54, 1.807) is 6.92 Å². The van der Waals surface area contributed by atoms with Gasteiger partial charge < -0.3 is 20.5 Å². The highest BCUT2D eigenvalue weighted by Gasteiger charge is 2.33. The lowest BCUT2D eigenvalue weighted by Crippen LogP contribution is -2.45. The van der Waals surface area contributed by atoms with Gasteiger partial charge in [-0.05, 0) is 44.5 Å². The maximum absolute atomic E-state index is 12.2. The highest BCUT2D eigenvalue weighted by molar-refractivity contribution is 5.90. The van der Waals surface area contributed by atoms with E-state index >= 15 is 0 Å². The third kappa shape index (κ3) is 4.78. The number of carbonyl (C=O) groups is 1. The number of urea groups is 1. The summed E-state index contributed by atoms with van der Waals surface area (Å²) >= 11 is 0. The predicted molar refractivity (Wildman–Crippen MR) is 86.5 cm³/mol. The number of carbonyl (C=O) groups excluding carboxylic acids is 1. The normalized spacial score (nSPS) is 21.3. The maximum Gasteiger partial charge on any atom is 0.387 e. The Labute approximate surface area is 139 Å². The fourth-order valence-corrected chi connectivity index (χ4v) is 2.66. The molecule has 1 aromatic carbocycles. The molecule has 8 heteroatoms. The first-order chi connectivity index (χ1) is 11.3. The van der Waals surface area contributed by atoms with Crippen molar-refractivity contribution in [3.63, 3.8) is 0 Å². The van der Waals surface area contributed by atoms with Crippen LogP contribution in [0.5, 0.6) is 5.75 Å². The second-order valence-electron chi connectivity index (χ2n) is 6.18. The van der Waals surface area contributed by atoms with E-state index in [1.807, 2.05) is 13.8 Å². The average Bonchev–Trinajstić information content (AvgIpc) is 2.83. The summed E-state index contributed by atoms with van der Waals surface area (Å²) in [6.07, 6.45) is -0.624. The van der Waals surface area contributed by atoms with Gasteiger partial charge in [-0.1, -0.05) is 0 Å². The zero-order valence-electron chi connectivity index (χ0n) is 13.9. The molecule has 0 saturated carbocycles. The van der Waals surface area contributed by atoms with E-state index in [2.05, 4.69) is 20.3 Å². The zero-order chi connectivity index (χ0) is 17.9. The highest BCUT2D eigenvalue weighted by Crippen LogP contribution is 2.23. The SMILES string of the molecule is Cc1cc(OC(F)F)ccc1NC(=O)N[C@H]1CN(C(C)C)C[C@@H]1O. The van der Waals surface area contributed by atoms with Crippen molar-refractivity contribution in [1.29, 1.82) is 0 Å². The van der Waals surface area contributed by atoms with E-state index in [4.69, 9.17) is 0 Å². The largest absolute Gasteiger partial charge is 0.435 e. The van der Waals surface area contributed by atoms with Crippen LogP contribution in [-0.2, 0) is 0 Å². The van der Waals surface area contributed by atoms with Crippen molar-refractivity contribution < 1.29 is 23.4 Å². The van der Waals surface area contributed by atoms with Gasteiger partial charge in [0.15, 0.2) is 0 Å². The number of β-amino-alcohol motifs (C(OH)–C–C–N with tert-alkyl or cyclic N) is 1. The topological polar surface area (TPSA) is 73.8 Å². The molecule has 134 valence electrons. The molecule has 24 heavy (non-hydrogen) atoms. The van der Waals surface area contributed by atoms with E-state index in [0.29, 0.717) is 30.4 Å². The number of ether oxygens (including phenoxy) is 1. The number of aliphatic hydroxyl groups excluding tert-OH is 1. The molecule has 2 atom stereocenters. The lowest BCUT2D eigenvalue weighted by molar-refractivity contribution is -0.0498. The van der Waals surface area contributed by atoms with Crippen molar-refractivity contribution in [2.75, 3.05) is 18.4 Å². The number of hydrogen-bond donors (Lipinski definition) is 3. The number of likely N-dealkylation sites (tertiary alicyclic amines) is 1. The average molecular weight is 343 g/mol. The van der Waals surface area contributed by atoms with Gasteiger partial charge in [-0.2, -0.15) is 8.78 Å². The summed E-state index contributed by atoms with van der Waals surface area (Å²) < 4.78 is 28.7. The third-order valence-electron chi connectivity index (χ3n) is 4.04. The van der Waals surface area contributed by atoms with E-state index in [1.165, 1.54) is 18.2 Å². The third-order valence-corrected chi connectivity index (χ3v) is 4.04. The first kappa shape index (κ1) is 18.4. The van der Waals surface area contributed by atoms with Gasteiger partial charge in [-0.3, -0.25) is 4.90 Å². The molecule has 0 radical (unpaired) electrons. The number of amides is 2. The summed E-state index contributed by atoms with van der Waals surface area (Å²) in [7, 11) is 0. The second kappa shape index (κ2) is 7.76. The van der Waals surface area contributed by atoms with Crippen LogP contribution >= 0.6 is 0 Å². The Morgan fingerprint density at radius 3 is 2.62 bits per heavy atom. The van der Waals surface area contributed by atoms with Gasteiger partial charge in [-0.25, -0.2) is 4.79 Å². The number of anilines is 1. The summed E-state index contributed by atoms with van der Waals surface area (Å²) in [5.41, 5.74) is 1.08. The summed E-state index contributed by atoms with van der Waals surface area (Å²) in [4.78, 5) is 14.2. The number of halogens is 2. The Hall–Kier alpha value is -1.93. The molecule has 1 aliphatic heterocycles. The molecule has 0 bridgehead atoms. The molecule has 6 nitrogen and oxygen atoms in total. The summed E-state index contributed by atoms with van der Waals surface area (Å²) in [5, 5.41) is 15.4. The number of rotatable bonds is 5.